The van der Waals surface area contributed by atoms with Crippen molar-refractivity contribution in [3.05, 3.63) is 12.2 Å². The highest BCUT2D eigenvalue weighted by molar-refractivity contribution is 7.87. The Kier molecular flexibility index (Phi) is 6.92. The maximum atomic E-state index is 11.9. The first-order valence-electron chi connectivity index (χ1n) is 6.32. The van der Waals surface area contributed by atoms with E-state index in [2.05, 4.69) is 32.1 Å². The largest absolute Gasteiger partial charge is 0.317 e. The van der Waals surface area contributed by atoms with E-state index in [9.17, 15) is 8.42 Å². The average molecular weight is 290 g/mol. The van der Waals surface area contributed by atoms with E-state index in [1.807, 2.05) is 0 Å². The molecule has 0 aliphatic rings. The molecule has 19 heavy (non-hydrogen) atoms. The number of nitrogens with zero attached hydrogens (tertiary/aromatic N) is 3. The topological polar surface area (TPSA) is 103 Å². The summed E-state index contributed by atoms with van der Waals surface area (Å²) in [6.07, 6.45) is 3.19. The summed E-state index contributed by atoms with van der Waals surface area (Å²) in [7, 11) is -1.90. The van der Waals surface area contributed by atoms with Crippen LogP contribution in [0.4, 0.5) is 0 Å². The second-order valence-corrected chi connectivity index (χ2v) is 6.05. The number of nitrogens with one attached hydrogen (secondary N) is 3. The standard InChI is InChI=1S/C10H22N6O2S/c1-3-5-11-6-4-7-16(2)19(17,18)14-8-10-12-9-13-15-10/h9,11,14H,3-8H2,1-2H3,(H,12,13,15). The molecule has 0 saturated heterocycles. The summed E-state index contributed by atoms with van der Waals surface area (Å²) in [5, 5.41) is 9.48. The molecule has 1 rings (SSSR count). The summed E-state index contributed by atoms with van der Waals surface area (Å²) in [5.41, 5.74) is 0. The molecule has 0 spiro atoms. The van der Waals surface area contributed by atoms with E-state index in [1.54, 1.807) is 7.05 Å². The number of aromatic nitrogens is 3. The normalized spacial score (nSPS) is 12.2. The van der Waals surface area contributed by atoms with E-state index < -0.39 is 10.2 Å². The Balaban J connectivity index is 2.27. The molecular weight excluding hydrogens is 268 g/mol. The summed E-state index contributed by atoms with van der Waals surface area (Å²) in [6.45, 7) is 4.45. The summed E-state index contributed by atoms with van der Waals surface area (Å²) in [4.78, 5) is 3.85. The molecule has 0 aliphatic heterocycles. The molecule has 9 heteroatoms. The van der Waals surface area contributed by atoms with Crippen molar-refractivity contribution in [3.8, 4) is 0 Å². The first-order chi connectivity index (χ1) is 9.06. The lowest BCUT2D eigenvalue weighted by Crippen LogP contribution is -2.39. The number of rotatable bonds is 10. The molecule has 0 radical (unpaired) electrons. The predicted molar refractivity (Wildman–Crippen MR) is 72.5 cm³/mol. The highest BCUT2D eigenvalue weighted by atomic mass is 32.2. The molecule has 0 bridgehead atoms. The lowest BCUT2D eigenvalue weighted by atomic mass is 10.4. The van der Waals surface area contributed by atoms with Crippen molar-refractivity contribution in [2.75, 3.05) is 26.7 Å². The zero-order valence-electron chi connectivity index (χ0n) is 11.4. The molecule has 3 N–H and O–H groups in total. The molecule has 0 saturated carbocycles. The predicted octanol–water partition coefficient (Wildman–Crippen LogP) is -0.539. The minimum Gasteiger partial charge on any atom is -0.317 e. The average Bonchev–Trinajstić information content (AvgIpc) is 2.89. The van der Waals surface area contributed by atoms with Gasteiger partial charge in [0.1, 0.15) is 12.2 Å². The van der Waals surface area contributed by atoms with Crippen LogP contribution < -0.4 is 10.0 Å². The second-order valence-electron chi connectivity index (χ2n) is 4.18. The van der Waals surface area contributed by atoms with Gasteiger partial charge in [0, 0.05) is 13.6 Å². The Hall–Kier alpha value is -1.03. The van der Waals surface area contributed by atoms with Gasteiger partial charge in [-0.2, -0.15) is 22.5 Å². The van der Waals surface area contributed by atoms with Crippen LogP contribution in [0.5, 0.6) is 0 Å². The van der Waals surface area contributed by atoms with Crippen LogP contribution in [-0.4, -0.2) is 54.6 Å². The fourth-order valence-electron chi connectivity index (χ4n) is 1.43. The van der Waals surface area contributed by atoms with Gasteiger partial charge >= 0.3 is 0 Å². The molecule has 0 aliphatic carbocycles. The Morgan fingerprint density at radius 3 is 2.84 bits per heavy atom. The van der Waals surface area contributed by atoms with Gasteiger partial charge < -0.3 is 5.32 Å². The van der Waals surface area contributed by atoms with Gasteiger partial charge in [-0.1, -0.05) is 6.92 Å². The summed E-state index contributed by atoms with van der Waals surface area (Å²) < 4.78 is 27.5. The second kappa shape index (κ2) is 8.20. The first kappa shape index (κ1) is 16.0. The molecule has 0 atom stereocenters. The maximum Gasteiger partial charge on any atom is 0.279 e. The Bertz CT molecular complexity index is 433. The fourth-order valence-corrected chi connectivity index (χ4v) is 2.34. The summed E-state index contributed by atoms with van der Waals surface area (Å²) >= 11 is 0. The highest BCUT2D eigenvalue weighted by Crippen LogP contribution is 1.97. The van der Waals surface area contributed by atoms with E-state index in [0.717, 1.165) is 25.9 Å². The Morgan fingerprint density at radius 2 is 2.21 bits per heavy atom. The van der Waals surface area contributed by atoms with Gasteiger partial charge in [0.25, 0.3) is 10.2 Å². The van der Waals surface area contributed by atoms with Crippen LogP contribution >= 0.6 is 0 Å². The highest BCUT2D eigenvalue weighted by Gasteiger charge is 2.16. The van der Waals surface area contributed by atoms with Gasteiger partial charge in [0.2, 0.25) is 0 Å². The molecule has 1 aromatic heterocycles. The van der Waals surface area contributed by atoms with Gasteiger partial charge in [-0.05, 0) is 25.9 Å². The summed E-state index contributed by atoms with van der Waals surface area (Å²) in [5.74, 6) is 0.488. The zero-order chi connectivity index (χ0) is 14.1. The van der Waals surface area contributed by atoms with E-state index in [0.29, 0.717) is 12.4 Å². The van der Waals surface area contributed by atoms with Crippen molar-refractivity contribution in [1.82, 2.24) is 29.5 Å². The first-order valence-corrected chi connectivity index (χ1v) is 7.76. The van der Waals surface area contributed by atoms with Crippen molar-refractivity contribution < 1.29 is 8.42 Å². The number of H-pyrrole nitrogens is 1. The number of hydrogen-bond donors (Lipinski definition) is 3. The third kappa shape index (κ3) is 6.10. The van der Waals surface area contributed by atoms with Gasteiger partial charge in [-0.3, -0.25) is 5.10 Å². The SMILES string of the molecule is CCCNCCCN(C)S(=O)(=O)NCc1ncn[nH]1. The van der Waals surface area contributed by atoms with E-state index in [-0.39, 0.29) is 6.54 Å². The minimum absolute atomic E-state index is 0.112. The molecule has 0 unspecified atom stereocenters. The molecule has 0 aromatic carbocycles. The third-order valence-corrected chi connectivity index (χ3v) is 4.06. The van der Waals surface area contributed by atoms with Crippen LogP contribution in [0.25, 0.3) is 0 Å². The van der Waals surface area contributed by atoms with Gasteiger partial charge in [0.15, 0.2) is 0 Å². The van der Waals surface area contributed by atoms with Gasteiger partial charge in [-0.15, -0.1) is 0 Å². The zero-order valence-corrected chi connectivity index (χ0v) is 12.2. The maximum absolute atomic E-state index is 11.9. The molecule has 0 fully saturated rings. The van der Waals surface area contributed by atoms with Gasteiger partial charge in [-0.25, -0.2) is 4.98 Å². The van der Waals surface area contributed by atoms with Crippen molar-refractivity contribution in [3.63, 3.8) is 0 Å². The van der Waals surface area contributed by atoms with Crippen LogP contribution in [-0.2, 0) is 16.8 Å². The minimum atomic E-state index is -3.46. The van der Waals surface area contributed by atoms with Crippen LogP contribution in [0.2, 0.25) is 0 Å². The van der Waals surface area contributed by atoms with Crippen molar-refractivity contribution in [2.45, 2.75) is 26.3 Å². The number of aromatic amines is 1. The Labute approximate surface area is 114 Å². The van der Waals surface area contributed by atoms with Crippen LogP contribution in [0.3, 0.4) is 0 Å². The van der Waals surface area contributed by atoms with E-state index in [4.69, 9.17) is 0 Å². The third-order valence-electron chi connectivity index (χ3n) is 2.55. The molecular formula is C10H22N6O2S. The van der Waals surface area contributed by atoms with Crippen LogP contribution in [0, 0.1) is 0 Å². The van der Waals surface area contributed by atoms with Gasteiger partial charge in [0.05, 0.1) is 6.54 Å². The lowest BCUT2D eigenvalue weighted by Gasteiger charge is -2.17. The van der Waals surface area contributed by atoms with Crippen molar-refractivity contribution in [2.24, 2.45) is 0 Å². The van der Waals surface area contributed by atoms with Crippen molar-refractivity contribution >= 4 is 10.2 Å². The smallest absolute Gasteiger partial charge is 0.279 e. The van der Waals surface area contributed by atoms with Crippen molar-refractivity contribution in [1.29, 1.82) is 0 Å². The fraction of sp³-hybridized carbons (Fsp3) is 0.800. The summed E-state index contributed by atoms with van der Waals surface area (Å²) in [6, 6.07) is 0. The molecule has 0 amide bonds. The number of hydrogen-bond acceptors (Lipinski definition) is 5. The molecule has 1 heterocycles. The molecule has 8 nitrogen and oxygen atoms in total. The van der Waals surface area contributed by atoms with E-state index in [1.165, 1.54) is 10.6 Å². The van der Waals surface area contributed by atoms with Crippen LogP contribution in [0.1, 0.15) is 25.6 Å². The quantitative estimate of drug-likeness (QED) is 0.502. The Morgan fingerprint density at radius 1 is 1.42 bits per heavy atom. The monoisotopic (exact) mass is 290 g/mol. The van der Waals surface area contributed by atoms with E-state index >= 15 is 0 Å². The molecule has 110 valence electrons. The lowest BCUT2D eigenvalue weighted by molar-refractivity contribution is 0.443. The van der Waals surface area contributed by atoms with Crippen LogP contribution in [0.15, 0.2) is 6.33 Å². The molecule has 1 aromatic rings.